The van der Waals surface area contributed by atoms with E-state index in [1.54, 1.807) is 31.4 Å². The van der Waals surface area contributed by atoms with E-state index in [-0.39, 0.29) is 23.3 Å². The second kappa shape index (κ2) is 11.1. The maximum Gasteiger partial charge on any atom is 0.301 e. The molecule has 1 saturated heterocycles. The van der Waals surface area contributed by atoms with Gasteiger partial charge in [0.2, 0.25) is 0 Å². The van der Waals surface area contributed by atoms with Crippen molar-refractivity contribution in [2.45, 2.75) is 31.8 Å². The first-order valence-electron chi connectivity index (χ1n) is 11.3. The van der Waals surface area contributed by atoms with Crippen molar-refractivity contribution in [1.82, 2.24) is 10.4 Å². The lowest BCUT2D eigenvalue weighted by atomic mass is 9.92. The summed E-state index contributed by atoms with van der Waals surface area (Å²) in [6.07, 6.45) is 2.63. The highest BCUT2D eigenvalue weighted by atomic mass is 35.5. The summed E-state index contributed by atoms with van der Waals surface area (Å²) < 4.78 is 29.8. The lowest BCUT2D eigenvalue weighted by Gasteiger charge is -2.32. The van der Waals surface area contributed by atoms with Crippen molar-refractivity contribution < 1.29 is 28.2 Å². The lowest BCUT2D eigenvalue weighted by molar-refractivity contribution is 0.0627. The summed E-state index contributed by atoms with van der Waals surface area (Å²) in [7, 11) is 1.59. The third-order valence-corrected chi connectivity index (χ3v) is 6.37. The van der Waals surface area contributed by atoms with Crippen molar-refractivity contribution in [2.24, 2.45) is 5.92 Å². The van der Waals surface area contributed by atoms with Crippen LogP contribution < -0.4 is 14.9 Å². The number of carbonyl (C=O) groups is 1. The largest absolute Gasteiger partial charge is 0.497 e. The molecule has 0 saturated carbocycles. The fraction of sp³-hybridized carbons (Fsp3) is 0.400. The van der Waals surface area contributed by atoms with Crippen molar-refractivity contribution in [3.8, 4) is 11.5 Å². The van der Waals surface area contributed by atoms with Crippen LogP contribution in [0.25, 0.3) is 11.0 Å². The fourth-order valence-electron chi connectivity index (χ4n) is 4.06. The predicted octanol–water partition coefficient (Wildman–Crippen LogP) is 4.81. The number of aliphatic hydroxyl groups is 1. The van der Waals surface area contributed by atoms with Crippen LogP contribution in [0.2, 0.25) is 5.02 Å². The molecule has 2 N–H and O–H groups in total. The summed E-state index contributed by atoms with van der Waals surface area (Å²) >= 11 is 5.66. The summed E-state index contributed by atoms with van der Waals surface area (Å²) in [4.78, 5) is 12.6. The third-order valence-electron chi connectivity index (χ3n) is 6.06. The van der Waals surface area contributed by atoms with Gasteiger partial charge in [0.05, 0.1) is 18.2 Å². The Morgan fingerprint density at radius 2 is 2.00 bits per heavy atom. The van der Waals surface area contributed by atoms with Gasteiger partial charge in [-0.1, -0.05) is 11.6 Å². The molecule has 182 valence electrons. The summed E-state index contributed by atoms with van der Waals surface area (Å²) in [5, 5.41) is 13.0. The van der Waals surface area contributed by atoms with E-state index in [2.05, 4.69) is 5.43 Å². The molecule has 7 nitrogen and oxygen atoms in total. The number of amides is 1. The topological polar surface area (TPSA) is 84.2 Å². The van der Waals surface area contributed by atoms with Crippen LogP contribution in [-0.2, 0) is 0 Å². The number of fused-ring (bicyclic) bond motifs is 1. The quantitative estimate of drug-likeness (QED) is 0.448. The van der Waals surface area contributed by atoms with Crippen LogP contribution in [0.3, 0.4) is 0 Å². The number of furan rings is 1. The maximum atomic E-state index is 13.5. The molecular weight excluding hydrogens is 463 g/mol. The van der Waals surface area contributed by atoms with E-state index in [1.807, 2.05) is 11.1 Å². The molecule has 9 heteroatoms. The van der Waals surface area contributed by atoms with Gasteiger partial charge in [0, 0.05) is 24.5 Å². The smallest absolute Gasteiger partial charge is 0.301 e. The molecule has 2 aromatic carbocycles. The summed E-state index contributed by atoms with van der Waals surface area (Å²) in [6, 6.07) is 11.3. The Balaban J connectivity index is 1.17. The number of piperidine rings is 1. The molecule has 34 heavy (non-hydrogen) atoms. The van der Waals surface area contributed by atoms with Gasteiger partial charge in [-0.05, 0) is 68.0 Å². The second-order valence-electron chi connectivity index (χ2n) is 8.50. The van der Waals surface area contributed by atoms with Crippen LogP contribution in [-0.4, -0.2) is 48.9 Å². The minimum absolute atomic E-state index is 0.0358. The van der Waals surface area contributed by atoms with Crippen molar-refractivity contribution in [3.63, 3.8) is 0 Å². The first kappa shape index (κ1) is 24.3. The van der Waals surface area contributed by atoms with E-state index in [9.17, 15) is 14.3 Å². The molecule has 0 bridgehead atoms. The lowest BCUT2D eigenvalue weighted by Crippen LogP contribution is -2.46. The van der Waals surface area contributed by atoms with Gasteiger partial charge >= 0.3 is 5.91 Å². The molecule has 0 spiro atoms. The Kier molecular flexibility index (Phi) is 7.92. The molecule has 1 fully saturated rings. The average molecular weight is 491 g/mol. The van der Waals surface area contributed by atoms with Gasteiger partial charge in [-0.2, -0.15) is 0 Å². The van der Waals surface area contributed by atoms with Gasteiger partial charge in [-0.25, -0.2) is 9.40 Å². The Bertz CT molecular complexity index is 1130. The van der Waals surface area contributed by atoms with Crippen LogP contribution in [0.4, 0.5) is 4.39 Å². The number of nitrogens with one attached hydrogen (secondary N) is 1. The Hall–Kier alpha value is -2.81. The van der Waals surface area contributed by atoms with Crippen molar-refractivity contribution in [3.05, 3.63) is 59.1 Å². The number of halogens is 2. The van der Waals surface area contributed by atoms with Gasteiger partial charge < -0.3 is 19.0 Å². The zero-order valence-corrected chi connectivity index (χ0v) is 19.7. The van der Waals surface area contributed by atoms with Gasteiger partial charge in [-0.15, -0.1) is 0 Å². The van der Waals surface area contributed by atoms with Crippen molar-refractivity contribution >= 4 is 28.5 Å². The first-order valence-corrected chi connectivity index (χ1v) is 11.7. The molecule has 4 rings (SSSR count). The maximum absolute atomic E-state index is 13.5. The number of carbonyl (C=O) groups excluding carboxylic acids is 1. The minimum atomic E-state index is -0.636. The molecular formula is C25H28ClFN2O5. The van der Waals surface area contributed by atoms with Crippen LogP contribution in [0.1, 0.15) is 36.2 Å². The van der Waals surface area contributed by atoms with Gasteiger partial charge in [-0.3, -0.25) is 10.2 Å². The molecule has 1 atom stereocenters. The highest BCUT2D eigenvalue weighted by molar-refractivity contribution is 6.30. The number of nitrogens with zero attached hydrogens (tertiary/aromatic N) is 1. The molecule has 2 heterocycles. The minimum Gasteiger partial charge on any atom is -0.497 e. The highest BCUT2D eigenvalue weighted by Crippen LogP contribution is 2.26. The van der Waals surface area contributed by atoms with Crippen LogP contribution >= 0.6 is 11.6 Å². The number of ether oxygens (including phenoxy) is 2. The normalized spacial score (nSPS) is 15.9. The number of benzene rings is 2. The summed E-state index contributed by atoms with van der Waals surface area (Å²) in [5.41, 5.74) is 3.55. The molecule has 1 aliphatic heterocycles. The average Bonchev–Trinajstić information content (AvgIpc) is 3.28. The number of hydrogen-bond donors (Lipinski definition) is 2. The predicted molar refractivity (Wildman–Crippen MR) is 127 cm³/mol. The molecule has 1 aromatic heterocycles. The third kappa shape index (κ3) is 6.20. The van der Waals surface area contributed by atoms with Gasteiger partial charge in [0.25, 0.3) is 0 Å². The zero-order chi connectivity index (χ0) is 24.1. The fourth-order valence-corrected chi connectivity index (χ4v) is 4.18. The van der Waals surface area contributed by atoms with E-state index in [1.165, 1.54) is 12.1 Å². The molecule has 0 aliphatic carbocycles. The van der Waals surface area contributed by atoms with E-state index >= 15 is 0 Å². The SMILES string of the molecule is COc1ccc2oc(C(=O)NN3CCC(CC[C@@H](O)COc4ccc(Cl)c(F)c4)CC3)cc2c1. The monoisotopic (exact) mass is 490 g/mol. The molecule has 3 aromatic rings. The summed E-state index contributed by atoms with van der Waals surface area (Å²) in [5.74, 6) is 0.933. The first-order chi connectivity index (χ1) is 16.4. The van der Waals surface area contributed by atoms with Crippen molar-refractivity contribution in [1.29, 1.82) is 0 Å². The Morgan fingerprint density at radius 3 is 2.74 bits per heavy atom. The highest BCUT2D eigenvalue weighted by Gasteiger charge is 2.23. The number of aliphatic hydroxyl groups excluding tert-OH is 1. The number of methoxy groups -OCH3 is 1. The van der Waals surface area contributed by atoms with Crippen LogP contribution in [0.5, 0.6) is 11.5 Å². The van der Waals surface area contributed by atoms with E-state index in [4.69, 9.17) is 25.5 Å². The number of rotatable bonds is 9. The van der Waals surface area contributed by atoms with E-state index in [0.717, 1.165) is 37.7 Å². The van der Waals surface area contributed by atoms with E-state index < -0.39 is 11.9 Å². The van der Waals surface area contributed by atoms with Crippen LogP contribution in [0, 0.1) is 11.7 Å². The number of hydrogen-bond acceptors (Lipinski definition) is 6. The molecule has 1 aliphatic rings. The van der Waals surface area contributed by atoms with E-state index in [0.29, 0.717) is 29.4 Å². The van der Waals surface area contributed by atoms with Crippen molar-refractivity contribution in [2.75, 3.05) is 26.8 Å². The van der Waals surface area contributed by atoms with Crippen LogP contribution in [0.15, 0.2) is 46.9 Å². The standard InChI is InChI=1S/C25H28ClFN2O5/c1-32-19-5-7-23-17(12-19)13-24(34-23)25(31)28-29-10-8-16(9-11-29)2-3-18(30)15-33-20-4-6-21(26)22(27)14-20/h4-7,12-14,16,18,30H,2-3,8-11,15H2,1H3,(H,28,31)/t18-/m1/s1. The summed E-state index contributed by atoms with van der Waals surface area (Å²) in [6.45, 7) is 1.54. The van der Waals surface area contributed by atoms with Gasteiger partial charge in [0.1, 0.15) is 29.5 Å². The second-order valence-corrected chi connectivity index (χ2v) is 8.91. The Morgan fingerprint density at radius 1 is 1.24 bits per heavy atom. The van der Waals surface area contributed by atoms with Gasteiger partial charge in [0.15, 0.2) is 5.76 Å². The molecule has 0 radical (unpaired) electrons. The zero-order valence-electron chi connectivity index (χ0n) is 18.9. The number of hydrazine groups is 1. The molecule has 0 unspecified atom stereocenters. The Labute approximate surface area is 202 Å². The molecule has 1 amide bonds.